The van der Waals surface area contributed by atoms with Crippen LogP contribution < -0.4 is 10.1 Å². The van der Waals surface area contributed by atoms with Crippen molar-refractivity contribution in [2.75, 3.05) is 5.32 Å². The number of hydrogen-bond donors (Lipinski definition) is 1. The quantitative estimate of drug-likeness (QED) is 0.915. The molecule has 1 N–H and O–H groups in total. The molecular weight excluding hydrogens is 245 g/mol. The van der Waals surface area contributed by atoms with E-state index in [2.05, 4.69) is 5.32 Å². The first kappa shape index (κ1) is 13.1. The highest BCUT2D eigenvalue weighted by molar-refractivity contribution is 5.94. The summed E-state index contributed by atoms with van der Waals surface area (Å²) in [5.41, 5.74) is 0.696. The molecule has 0 bridgehead atoms. The third-order valence-electron chi connectivity index (χ3n) is 2.52. The molecule has 0 heterocycles. The number of ether oxygens (including phenoxy) is 1. The number of anilines is 1. The van der Waals surface area contributed by atoms with Gasteiger partial charge in [0.05, 0.1) is 0 Å². The molecule has 3 nitrogen and oxygen atoms in total. The van der Waals surface area contributed by atoms with E-state index in [1.807, 2.05) is 18.2 Å². The Hall–Kier alpha value is -2.36. The Bertz CT molecular complexity index is 557. The van der Waals surface area contributed by atoms with E-state index in [1.54, 1.807) is 25.1 Å². The van der Waals surface area contributed by atoms with E-state index in [0.717, 1.165) is 0 Å². The lowest BCUT2D eigenvalue weighted by molar-refractivity contribution is -0.122. The second-order valence-corrected chi connectivity index (χ2v) is 4.07. The van der Waals surface area contributed by atoms with Crippen molar-refractivity contribution in [1.29, 1.82) is 0 Å². The van der Waals surface area contributed by atoms with Gasteiger partial charge < -0.3 is 10.1 Å². The molecule has 1 atom stereocenters. The second kappa shape index (κ2) is 6.00. The van der Waals surface area contributed by atoms with Gasteiger partial charge in [0.15, 0.2) is 6.10 Å². The molecule has 2 aromatic carbocycles. The topological polar surface area (TPSA) is 38.3 Å². The van der Waals surface area contributed by atoms with Crippen molar-refractivity contribution < 1.29 is 13.9 Å². The van der Waals surface area contributed by atoms with Crippen LogP contribution in [-0.4, -0.2) is 12.0 Å². The number of carbonyl (C=O) groups is 1. The summed E-state index contributed by atoms with van der Waals surface area (Å²) < 4.78 is 18.4. The maximum absolute atomic E-state index is 13.0. The smallest absolute Gasteiger partial charge is 0.265 e. The van der Waals surface area contributed by atoms with Crippen LogP contribution >= 0.6 is 0 Å². The number of nitrogens with one attached hydrogen (secondary N) is 1. The predicted octanol–water partition coefficient (Wildman–Crippen LogP) is 3.23. The zero-order chi connectivity index (χ0) is 13.7. The number of hydrogen-bond acceptors (Lipinski definition) is 2. The van der Waals surface area contributed by atoms with Crippen molar-refractivity contribution in [3.63, 3.8) is 0 Å². The summed E-state index contributed by atoms with van der Waals surface area (Å²) in [4.78, 5) is 11.9. The Labute approximate surface area is 111 Å². The van der Waals surface area contributed by atoms with E-state index >= 15 is 0 Å². The van der Waals surface area contributed by atoms with Gasteiger partial charge >= 0.3 is 0 Å². The maximum Gasteiger partial charge on any atom is 0.265 e. The molecular formula is C15H14FNO2. The lowest BCUT2D eigenvalue weighted by Gasteiger charge is -2.14. The Morgan fingerprint density at radius 2 is 1.89 bits per heavy atom. The van der Waals surface area contributed by atoms with Gasteiger partial charge in [-0.05, 0) is 31.2 Å². The van der Waals surface area contributed by atoms with Gasteiger partial charge in [0.25, 0.3) is 5.91 Å². The molecule has 0 spiro atoms. The highest BCUT2D eigenvalue weighted by atomic mass is 19.1. The highest BCUT2D eigenvalue weighted by Crippen LogP contribution is 2.14. The van der Waals surface area contributed by atoms with Gasteiger partial charge in [-0.25, -0.2) is 4.39 Å². The maximum atomic E-state index is 13.0. The molecule has 1 unspecified atom stereocenters. The molecule has 0 aromatic heterocycles. The third kappa shape index (κ3) is 3.81. The first-order valence-corrected chi connectivity index (χ1v) is 5.93. The molecule has 98 valence electrons. The van der Waals surface area contributed by atoms with Crippen molar-refractivity contribution in [3.05, 3.63) is 60.4 Å². The molecule has 0 aliphatic rings. The van der Waals surface area contributed by atoms with Gasteiger partial charge in [-0.15, -0.1) is 0 Å². The molecule has 2 aromatic rings. The average Bonchev–Trinajstić information content (AvgIpc) is 2.40. The molecule has 0 fully saturated rings. The summed E-state index contributed by atoms with van der Waals surface area (Å²) in [6, 6.07) is 14.8. The summed E-state index contributed by atoms with van der Waals surface area (Å²) in [6.45, 7) is 1.61. The number of para-hydroxylation sites is 1. The van der Waals surface area contributed by atoms with Gasteiger partial charge in [-0.2, -0.15) is 0 Å². The van der Waals surface area contributed by atoms with Crippen LogP contribution in [-0.2, 0) is 4.79 Å². The highest BCUT2D eigenvalue weighted by Gasteiger charge is 2.14. The minimum Gasteiger partial charge on any atom is -0.481 e. The normalized spacial score (nSPS) is 11.7. The fourth-order valence-corrected chi connectivity index (χ4v) is 1.56. The summed E-state index contributed by atoms with van der Waals surface area (Å²) in [5, 5.41) is 2.72. The van der Waals surface area contributed by atoms with Crippen molar-refractivity contribution in [2.24, 2.45) is 0 Å². The van der Waals surface area contributed by atoms with Gasteiger partial charge in [0, 0.05) is 11.8 Å². The van der Waals surface area contributed by atoms with E-state index in [-0.39, 0.29) is 5.91 Å². The molecule has 2 rings (SSSR count). The van der Waals surface area contributed by atoms with Crippen molar-refractivity contribution in [1.82, 2.24) is 0 Å². The lowest BCUT2D eigenvalue weighted by atomic mass is 10.3. The summed E-state index contributed by atoms with van der Waals surface area (Å²) in [7, 11) is 0. The first-order valence-electron chi connectivity index (χ1n) is 5.93. The van der Waals surface area contributed by atoms with E-state index in [0.29, 0.717) is 11.4 Å². The van der Waals surface area contributed by atoms with Gasteiger partial charge in [0.2, 0.25) is 0 Å². The number of rotatable bonds is 4. The Balaban J connectivity index is 1.96. The van der Waals surface area contributed by atoms with E-state index < -0.39 is 11.9 Å². The van der Waals surface area contributed by atoms with Crippen LogP contribution in [0.25, 0.3) is 0 Å². The minimum absolute atomic E-state index is 0.282. The molecule has 0 radical (unpaired) electrons. The van der Waals surface area contributed by atoms with Crippen molar-refractivity contribution >= 4 is 11.6 Å². The zero-order valence-electron chi connectivity index (χ0n) is 10.5. The van der Waals surface area contributed by atoms with E-state index in [4.69, 9.17) is 4.74 Å². The Morgan fingerprint density at radius 1 is 1.16 bits per heavy atom. The van der Waals surface area contributed by atoms with Crippen LogP contribution in [0, 0.1) is 5.82 Å². The molecule has 0 saturated carbocycles. The second-order valence-electron chi connectivity index (χ2n) is 4.07. The molecule has 19 heavy (non-hydrogen) atoms. The van der Waals surface area contributed by atoms with Crippen molar-refractivity contribution in [2.45, 2.75) is 13.0 Å². The van der Waals surface area contributed by atoms with E-state index in [9.17, 15) is 9.18 Å². The summed E-state index contributed by atoms with van der Waals surface area (Å²) >= 11 is 0. The lowest BCUT2D eigenvalue weighted by Crippen LogP contribution is -2.30. The third-order valence-corrected chi connectivity index (χ3v) is 2.52. The Kier molecular flexibility index (Phi) is 4.13. The molecule has 4 heteroatoms. The van der Waals surface area contributed by atoms with Crippen LogP contribution in [0.5, 0.6) is 5.75 Å². The number of carbonyl (C=O) groups excluding carboxylic acids is 1. The first-order chi connectivity index (χ1) is 9.15. The van der Waals surface area contributed by atoms with Crippen LogP contribution in [0.2, 0.25) is 0 Å². The minimum atomic E-state index is -0.706. The fourth-order valence-electron chi connectivity index (χ4n) is 1.56. The van der Waals surface area contributed by atoms with Gasteiger partial charge in [0.1, 0.15) is 11.6 Å². The van der Waals surface area contributed by atoms with E-state index in [1.165, 1.54) is 18.2 Å². The predicted molar refractivity (Wildman–Crippen MR) is 71.6 cm³/mol. The SMILES string of the molecule is CC(Oc1cccc(F)c1)C(=O)Nc1ccccc1. The molecule has 0 saturated heterocycles. The molecule has 1 amide bonds. The number of halogens is 1. The number of benzene rings is 2. The monoisotopic (exact) mass is 259 g/mol. The van der Waals surface area contributed by atoms with Crippen LogP contribution in [0.3, 0.4) is 0 Å². The molecule has 0 aliphatic carbocycles. The molecule has 0 aliphatic heterocycles. The standard InChI is InChI=1S/C15H14FNO2/c1-11(19-14-9-5-6-12(16)10-14)15(18)17-13-7-3-2-4-8-13/h2-11H,1H3,(H,17,18). The fraction of sp³-hybridized carbons (Fsp3) is 0.133. The summed E-state index contributed by atoms with van der Waals surface area (Å²) in [5.74, 6) is -0.348. The van der Waals surface area contributed by atoms with Gasteiger partial charge in [-0.1, -0.05) is 24.3 Å². The largest absolute Gasteiger partial charge is 0.481 e. The van der Waals surface area contributed by atoms with Crippen LogP contribution in [0.1, 0.15) is 6.92 Å². The van der Waals surface area contributed by atoms with Crippen LogP contribution in [0.4, 0.5) is 10.1 Å². The number of amides is 1. The summed E-state index contributed by atoms with van der Waals surface area (Å²) in [6.07, 6.45) is -0.706. The average molecular weight is 259 g/mol. The van der Waals surface area contributed by atoms with Crippen molar-refractivity contribution in [3.8, 4) is 5.75 Å². The Morgan fingerprint density at radius 3 is 2.58 bits per heavy atom. The van der Waals surface area contributed by atoms with Gasteiger partial charge in [-0.3, -0.25) is 4.79 Å². The van der Waals surface area contributed by atoms with Crippen LogP contribution in [0.15, 0.2) is 54.6 Å². The zero-order valence-corrected chi connectivity index (χ0v) is 10.5.